The molecule has 24 heavy (non-hydrogen) atoms. The molecule has 0 fully saturated rings. The molecule has 0 aromatic heterocycles. The third-order valence-electron chi connectivity index (χ3n) is 2.85. The molecule has 0 spiro atoms. The van der Waals surface area contributed by atoms with Crippen molar-refractivity contribution in [2.24, 2.45) is 0 Å². The van der Waals surface area contributed by atoms with Crippen molar-refractivity contribution >= 4 is 23.3 Å². The summed E-state index contributed by atoms with van der Waals surface area (Å²) in [5.74, 6) is -3.79. The molecule has 124 valence electrons. The van der Waals surface area contributed by atoms with Gasteiger partial charge in [-0.1, -0.05) is 0 Å². The van der Waals surface area contributed by atoms with Crippen molar-refractivity contribution in [2.75, 3.05) is 11.9 Å². The number of carbonyl (C=O) groups is 2. The van der Waals surface area contributed by atoms with Crippen molar-refractivity contribution in [1.29, 1.82) is 0 Å². The maximum Gasteiger partial charge on any atom is 0.341 e. The summed E-state index contributed by atoms with van der Waals surface area (Å²) in [6.45, 7) is -0.702. The maximum atomic E-state index is 13.4. The number of amides is 1. The second-order valence-electron chi connectivity index (χ2n) is 4.55. The van der Waals surface area contributed by atoms with Crippen LogP contribution in [0.2, 0.25) is 0 Å². The van der Waals surface area contributed by atoms with Gasteiger partial charge in [-0.05, 0) is 24.3 Å². The van der Waals surface area contributed by atoms with Crippen LogP contribution in [0.25, 0.3) is 0 Å². The lowest BCUT2D eigenvalue weighted by Gasteiger charge is -2.07. The quantitative estimate of drug-likeness (QED) is 0.514. The lowest BCUT2D eigenvalue weighted by Crippen LogP contribution is -2.21. The van der Waals surface area contributed by atoms with E-state index in [0.717, 1.165) is 12.1 Å². The summed E-state index contributed by atoms with van der Waals surface area (Å²) >= 11 is 0. The predicted octanol–water partition coefficient (Wildman–Crippen LogP) is 2.67. The van der Waals surface area contributed by atoms with Gasteiger partial charge in [-0.3, -0.25) is 14.9 Å². The Morgan fingerprint density at radius 3 is 2.38 bits per heavy atom. The van der Waals surface area contributed by atoms with Crippen LogP contribution in [-0.2, 0) is 9.53 Å². The van der Waals surface area contributed by atoms with Crippen molar-refractivity contribution in [3.05, 3.63) is 69.8 Å². The third kappa shape index (κ3) is 4.32. The van der Waals surface area contributed by atoms with E-state index >= 15 is 0 Å². The Kier molecular flexibility index (Phi) is 5.15. The second kappa shape index (κ2) is 7.27. The first kappa shape index (κ1) is 17.0. The van der Waals surface area contributed by atoms with Gasteiger partial charge < -0.3 is 10.1 Å². The van der Waals surface area contributed by atoms with Gasteiger partial charge in [-0.2, -0.15) is 0 Å². The Hall–Kier alpha value is -3.36. The van der Waals surface area contributed by atoms with E-state index in [2.05, 4.69) is 10.1 Å². The molecule has 0 aliphatic carbocycles. The molecule has 2 aromatic carbocycles. The van der Waals surface area contributed by atoms with Crippen LogP contribution >= 0.6 is 0 Å². The fourth-order valence-corrected chi connectivity index (χ4v) is 1.73. The van der Waals surface area contributed by atoms with Gasteiger partial charge >= 0.3 is 5.97 Å². The number of hydrogen-bond donors (Lipinski definition) is 1. The first-order valence-electron chi connectivity index (χ1n) is 6.53. The van der Waals surface area contributed by atoms with E-state index in [4.69, 9.17) is 0 Å². The number of non-ortho nitro benzene ring substituents is 1. The molecular weight excluding hydrogens is 326 g/mol. The molecule has 0 heterocycles. The molecule has 0 unspecified atom stereocenters. The summed E-state index contributed by atoms with van der Waals surface area (Å²) in [6, 6.07) is 7.30. The summed E-state index contributed by atoms with van der Waals surface area (Å²) in [5.41, 5.74) is -0.389. The van der Waals surface area contributed by atoms with E-state index in [1.165, 1.54) is 24.3 Å². The maximum absolute atomic E-state index is 13.4. The van der Waals surface area contributed by atoms with E-state index < -0.39 is 40.6 Å². The molecule has 7 nitrogen and oxygen atoms in total. The number of rotatable bonds is 5. The molecule has 0 saturated heterocycles. The van der Waals surface area contributed by atoms with Gasteiger partial charge in [0.1, 0.15) is 11.6 Å². The Morgan fingerprint density at radius 1 is 1.12 bits per heavy atom. The molecule has 0 bridgehead atoms. The first-order valence-corrected chi connectivity index (χ1v) is 6.53. The van der Waals surface area contributed by atoms with Crippen molar-refractivity contribution < 1.29 is 28.0 Å². The van der Waals surface area contributed by atoms with E-state index in [1.807, 2.05) is 0 Å². The van der Waals surface area contributed by atoms with Gasteiger partial charge in [-0.25, -0.2) is 13.6 Å². The minimum atomic E-state index is -1.12. The number of hydrogen-bond acceptors (Lipinski definition) is 5. The van der Waals surface area contributed by atoms with Crippen LogP contribution in [0, 0.1) is 21.7 Å². The van der Waals surface area contributed by atoms with E-state index in [-0.39, 0.29) is 11.4 Å². The zero-order valence-electron chi connectivity index (χ0n) is 12.0. The molecule has 1 N–H and O–H groups in total. The molecule has 0 aliphatic rings. The summed E-state index contributed by atoms with van der Waals surface area (Å²) in [5, 5.41) is 12.8. The fraction of sp³-hybridized carbons (Fsp3) is 0.0667. The predicted molar refractivity (Wildman–Crippen MR) is 78.4 cm³/mol. The summed E-state index contributed by atoms with van der Waals surface area (Å²) in [7, 11) is 0. The average molecular weight is 336 g/mol. The number of nitrogens with one attached hydrogen (secondary N) is 1. The van der Waals surface area contributed by atoms with Gasteiger partial charge in [0.2, 0.25) is 0 Å². The number of halogens is 2. The molecule has 2 rings (SSSR count). The normalized spacial score (nSPS) is 10.1. The standard InChI is InChI=1S/C15H10F2N2O5/c16-9-1-6-12(13(17)7-9)15(21)24-8-14(20)18-10-2-4-11(5-3-10)19(22)23/h1-7H,8H2,(H,18,20). The molecule has 1 amide bonds. The average Bonchev–Trinajstić information content (AvgIpc) is 2.53. The van der Waals surface area contributed by atoms with Gasteiger partial charge in [0.15, 0.2) is 6.61 Å². The molecule has 2 aromatic rings. The van der Waals surface area contributed by atoms with Crippen LogP contribution in [0.3, 0.4) is 0 Å². The Balaban J connectivity index is 1.90. The largest absolute Gasteiger partial charge is 0.452 e. The highest BCUT2D eigenvalue weighted by Gasteiger charge is 2.15. The zero-order valence-corrected chi connectivity index (χ0v) is 12.0. The fourth-order valence-electron chi connectivity index (χ4n) is 1.73. The number of benzene rings is 2. The van der Waals surface area contributed by atoms with Crippen molar-refractivity contribution in [3.63, 3.8) is 0 Å². The van der Waals surface area contributed by atoms with Crippen molar-refractivity contribution in [1.82, 2.24) is 0 Å². The molecule has 9 heteroatoms. The Bertz CT molecular complexity index is 793. The van der Waals surface area contributed by atoms with Gasteiger partial charge in [-0.15, -0.1) is 0 Å². The minimum absolute atomic E-state index is 0.147. The first-order chi connectivity index (χ1) is 11.4. The highest BCUT2D eigenvalue weighted by atomic mass is 19.1. The number of ether oxygens (including phenoxy) is 1. The number of nitro groups is 1. The molecule has 0 atom stereocenters. The Morgan fingerprint density at radius 2 is 1.79 bits per heavy atom. The van der Waals surface area contributed by atoms with Gasteiger partial charge in [0.25, 0.3) is 11.6 Å². The number of anilines is 1. The highest BCUT2D eigenvalue weighted by Crippen LogP contribution is 2.15. The third-order valence-corrected chi connectivity index (χ3v) is 2.85. The van der Waals surface area contributed by atoms with Crippen LogP contribution in [0.4, 0.5) is 20.2 Å². The smallest absolute Gasteiger partial charge is 0.341 e. The van der Waals surface area contributed by atoms with Crippen LogP contribution in [0.1, 0.15) is 10.4 Å². The second-order valence-corrected chi connectivity index (χ2v) is 4.55. The molecule has 0 radical (unpaired) electrons. The summed E-state index contributed by atoms with van der Waals surface area (Å²) < 4.78 is 30.7. The van der Waals surface area contributed by atoms with Crippen LogP contribution in [0.15, 0.2) is 42.5 Å². The van der Waals surface area contributed by atoms with Crippen LogP contribution in [0.5, 0.6) is 0 Å². The van der Waals surface area contributed by atoms with Crippen LogP contribution in [-0.4, -0.2) is 23.4 Å². The monoisotopic (exact) mass is 336 g/mol. The van der Waals surface area contributed by atoms with E-state index in [0.29, 0.717) is 6.07 Å². The van der Waals surface area contributed by atoms with E-state index in [9.17, 15) is 28.5 Å². The summed E-state index contributed by atoms with van der Waals surface area (Å²) in [4.78, 5) is 33.2. The zero-order chi connectivity index (χ0) is 17.7. The minimum Gasteiger partial charge on any atom is -0.452 e. The molecule has 0 aliphatic heterocycles. The summed E-state index contributed by atoms with van der Waals surface area (Å²) in [6.07, 6.45) is 0. The number of nitrogens with zero attached hydrogens (tertiary/aromatic N) is 1. The SMILES string of the molecule is O=C(COC(=O)c1ccc(F)cc1F)Nc1ccc([N+](=O)[O-])cc1. The topological polar surface area (TPSA) is 98.5 Å². The van der Waals surface area contributed by atoms with Crippen molar-refractivity contribution in [2.45, 2.75) is 0 Å². The number of nitro benzene ring substituents is 1. The lowest BCUT2D eigenvalue weighted by atomic mass is 10.2. The lowest BCUT2D eigenvalue weighted by molar-refractivity contribution is -0.384. The molecule has 0 saturated carbocycles. The van der Waals surface area contributed by atoms with Crippen molar-refractivity contribution in [3.8, 4) is 0 Å². The number of esters is 1. The Labute approximate surface area is 134 Å². The van der Waals surface area contributed by atoms with Gasteiger partial charge in [0, 0.05) is 23.9 Å². The van der Waals surface area contributed by atoms with Crippen LogP contribution < -0.4 is 5.32 Å². The van der Waals surface area contributed by atoms with Gasteiger partial charge in [0.05, 0.1) is 10.5 Å². The molecular formula is C15H10F2N2O5. The number of carbonyl (C=O) groups excluding carboxylic acids is 2. The van der Waals surface area contributed by atoms with E-state index in [1.54, 1.807) is 0 Å². The highest BCUT2D eigenvalue weighted by molar-refractivity contribution is 5.95.